The molecule has 60 valence electrons. The molecule has 0 aromatic carbocycles. The molecule has 2 unspecified atom stereocenters. The van der Waals surface area contributed by atoms with Gasteiger partial charge >= 0.3 is 0 Å². The van der Waals surface area contributed by atoms with Crippen molar-refractivity contribution in [1.29, 1.82) is 0 Å². The van der Waals surface area contributed by atoms with Gasteiger partial charge < -0.3 is 15.6 Å². The van der Waals surface area contributed by atoms with E-state index >= 15 is 0 Å². The van der Waals surface area contributed by atoms with Crippen molar-refractivity contribution in [3.05, 3.63) is 0 Å². The predicted molar refractivity (Wildman–Crippen MR) is 38.6 cm³/mol. The van der Waals surface area contributed by atoms with Crippen molar-refractivity contribution >= 4 is 0 Å². The first-order chi connectivity index (χ1) is 4.61. The maximum absolute atomic E-state index is 9.31. The van der Waals surface area contributed by atoms with Crippen molar-refractivity contribution in [3.63, 3.8) is 0 Å². The number of aliphatic hydroxyl groups excluding tert-OH is 1. The third-order valence-corrected chi connectivity index (χ3v) is 1.97. The zero-order chi connectivity index (χ0) is 7.72. The molecule has 0 aliphatic carbocycles. The molecule has 1 heterocycles. The molecule has 1 aliphatic rings. The van der Waals surface area contributed by atoms with Crippen molar-refractivity contribution in [2.24, 2.45) is 5.73 Å². The molecule has 1 aliphatic heterocycles. The lowest BCUT2D eigenvalue weighted by molar-refractivity contribution is -0.110. The van der Waals surface area contributed by atoms with Crippen LogP contribution in [0.25, 0.3) is 0 Å². The molecule has 0 bridgehead atoms. The van der Waals surface area contributed by atoms with Gasteiger partial charge in [0, 0.05) is 6.04 Å². The molecule has 3 N–H and O–H groups in total. The van der Waals surface area contributed by atoms with Gasteiger partial charge in [-0.3, -0.25) is 0 Å². The highest BCUT2D eigenvalue weighted by Crippen LogP contribution is 2.17. The van der Waals surface area contributed by atoms with Crippen LogP contribution in [-0.4, -0.2) is 29.5 Å². The summed E-state index contributed by atoms with van der Waals surface area (Å²) in [6, 6.07) is -0.112. The number of aliphatic hydroxyl groups is 1. The van der Waals surface area contributed by atoms with E-state index in [0.717, 1.165) is 6.42 Å². The molecule has 10 heavy (non-hydrogen) atoms. The van der Waals surface area contributed by atoms with Crippen LogP contribution >= 0.6 is 0 Å². The first-order valence-electron chi connectivity index (χ1n) is 3.70. The fourth-order valence-electron chi connectivity index (χ4n) is 1.37. The molecule has 4 atom stereocenters. The summed E-state index contributed by atoms with van der Waals surface area (Å²) in [6.45, 7) is 3.82. The van der Waals surface area contributed by atoms with Crippen LogP contribution in [0.2, 0.25) is 0 Å². The van der Waals surface area contributed by atoms with Gasteiger partial charge in [-0.1, -0.05) is 0 Å². The average molecular weight is 145 g/mol. The molecule has 0 aromatic rings. The van der Waals surface area contributed by atoms with Gasteiger partial charge in [0.25, 0.3) is 0 Å². The minimum absolute atomic E-state index is 0.112. The Morgan fingerprint density at radius 1 is 1.50 bits per heavy atom. The number of rotatable bonds is 0. The van der Waals surface area contributed by atoms with Crippen molar-refractivity contribution in [1.82, 2.24) is 0 Å². The Kier molecular flexibility index (Phi) is 2.28. The van der Waals surface area contributed by atoms with Crippen molar-refractivity contribution in [3.8, 4) is 0 Å². The van der Waals surface area contributed by atoms with Crippen molar-refractivity contribution in [2.45, 2.75) is 44.6 Å². The van der Waals surface area contributed by atoms with E-state index in [1.165, 1.54) is 0 Å². The van der Waals surface area contributed by atoms with Crippen LogP contribution in [0, 0.1) is 0 Å². The number of nitrogens with two attached hydrogens (primary N) is 1. The molecule has 1 fully saturated rings. The molecule has 0 radical (unpaired) electrons. The lowest BCUT2D eigenvalue weighted by Crippen LogP contribution is -2.50. The van der Waals surface area contributed by atoms with E-state index in [0.29, 0.717) is 0 Å². The van der Waals surface area contributed by atoms with Crippen LogP contribution in [-0.2, 0) is 4.74 Å². The van der Waals surface area contributed by atoms with Crippen LogP contribution in [0.5, 0.6) is 0 Å². The normalized spacial score (nSPS) is 49.2. The highest BCUT2D eigenvalue weighted by molar-refractivity contribution is 4.84. The summed E-state index contributed by atoms with van der Waals surface area (Å²) in [5.74, 6) is 0. The zero-order valence-electron chi connectivity index (χ0n) is 6.45. The summed E-state index contributed by atoms with van der Waals surface area (Å²) in [5.41, 5.74) is 5.63. The third-order valence-electron chi connectivity index (χ3n) is 1.97. The fraction of sp³-hybridized carbons (Fsp3) is 1.00. The van der Waals surface area contributed by atoms with E-state index in [2.05, 4.69) is 0 Å². The molecule has 0 spiro atoms. The molecule has 3 nitrogen and oxygen atoms in total. The average Bonchev–Trinajstić information content (AvgIpc) is 1.82. The first kappa shape index (κ1) is 7.98. The van der Waals surface area contributed by atoms with Gasteiger partial charge in [0.15, 0.2) is 0 Å². The van der Waals surface area contributed by atoms with E-state index in [4.69, 9.17) is 10.5 Å². The van der Waals surface area contributed by atoms with Crippen LogP contribution in [0.1, 0.15) is 20.3 Å². The van der Waals surface area contributed by atoms with Crippen LogP contribution in [0.3, 0.4) is 0 Å². The third kappa shape index (κ3) is 1.48. The molecule has 1 rings (SSSR count). The summed E-state index contributed by atoms with van der Waals surface area (Å²) in [5, 5.41) is 9.31. The van der Waals surface area contributed by atoms with E-state index in [9.17, 15) is 5.11 Å². The first-order valence-corrected chi connectivity index (χ1v) is 3.70. The maximum Gasteiger partial charge on any atom is 0.0950 e. The van der Waals surface area contributed by atoms with Gasteiger partial charge in [0.2, 0.25) is 0 Å². The predicted octanol–water partition coefficient (Wildman–Crippen LogP) is -0.128. The van der Waals surface area contributed by atoms with Gasteiger partial charge in [0.05, 0.1) is 18.3 Å². The van der Waals surface area contributed by atoms with E-state index in [-0.39, 0.29) is 18.2 Å². The second-order valence-electron chi connectivity index (χ2n) is 3.04. The van der Waals surface area contributed by atoms with Crippen molar-refractivity contribution in [2.75, 3.05) is 0 Å². The Morgan fingerprint density at radius 3 is 2.60 bits per heavy atom. The minimum atomic E-state index is -0.490. The molecule has 0 amide bonds. The van der Waals surface area contributed by atoms with Crippen LogP contribution in [0.4, 0.5) is 0 Å². The summed E-state index contributed by atoms with van der Waals surface area (Å²) < 4.78 is 5.34. The van der Waals surface area contributed by atoms with Gasteiger partial charge in [-0.05, 0) is 20.3 Å². The smallest absolute Gasteiger partial charge is 0.0950 e. The molecule has 3 heteroatoms. The van der Waals surface area contributed by atoms with E-state index in [1.54, 1.807) is 0 Å². The van der Waals surface area contributed by atoms with E-state index in [1.807, 2.05) is 13.8 Å². The highest BCUT2D eigenvalue weighted by Gasteiger charge is 2.30. The van der Waals surface area contributed by atoms with Crippen LogP contribution in [0.15, 0.2) is 0 Å². The Labute approximate surface area is 61.2 Å². The maximum atomic E-state index is 9.31. The second-order valence-corrected chi connectivity index (χ2v) is 3.04. The molecule has 0 saturated carbocycles. The fourth-order valence-corrected chi connectivity index (χ4v) is 1.37. The highest BCUT2D eigenvalue weighted by atomic mass is 16.5. The van der Waals surface area contributed by atoms with Gasteiger partial charge in [-0.2, -0.15) is 0 Å². The van der Waals surface area contributed by atoms with Gasteiger partial charge in [-0.15, -0.1) is 0 Å². The second kappa shape index (κ2) is 2.86. The monoisotopic (exact) mass is 145 g/mol. The summed E-state index contributed by atoms with van der Waals surface area (Å²) in [6.07, 6.45) is 0.342. The molecular weight excluding hydrogens is 130 g/mol. The van der Waals surface area contributed by atoms with Gasteiger partial charge in [-0.25, -0.2) is 0 Å². The summed E-state index contributed by atoms with van der Waals surface area (Å²) >= 11 is 0. The van der Waals surface area contributed by atoms with Crippen LogP contribution < -0.4 is 5.73 Å². The Hall–Kier alpha value is -0.120. The SMILES string of the molecule is CC1C[C@H](N)C(O)[C@H](C)O1. The summed E-state index contributed by atoms with van der Waals surface area (Å²) in [4.78, 5) is 0. The van der Waals surface area contributed by atoms with Crippen molar-refractivity contribution < 1.29 is 9.84 Å². The molecule has 1 saturated heterocycles. The lowest BCUT2D eigenvalue weighted by atomic mass is 9.98. The Balaban J connectivity index is 2.49. The summed E-state index contributed by atoms with van der Waals surface area (Å²) in [7, 11) is 0. The van der Waals surface area contributed by atoms with E-state index < -0.39 is 6.10 Å². The Morgan fingerprint density at radius 2 is 2.10 bits per heavy atom. The Bertz CT molecular complexity index is 106. The number of hydrogen-bond donors (Lipinski definition) is 2. The topological polar surface area (TPSA) is 55.5 Å². The minimum Gasteiger partial charge on any atom is -0.389 e. The lowest BCUT2D eigenvalue weighted by Gasteiger charge is -2.34. The number of ether oxygens (including phenoxy) is 1. The molecule has 0 aromatic heterocycles. The zero-order valence-corrected chi connectivity index (χ0v) is 6.45. The standard InChI is InChI=1S/C7H15NO2/c1-4-3-6(8)7(9)5(2)10-4/h4-7,9H,3,8H2,1-2H3/t4?,5-,6-,7?/m0/s1. The molecular formula is C7H15NO2. The van der Waals surface area contributed by atoms with Gasteiger partial charge in [0.1, 0.15) is 0 Å². The number of hydrogen-bond acceptors (Lipinski definition) is 3. The quantitative estimate of drug-likeness (QED) is 0.499. The largest absolute Gasteiger partial charge is 0.389 e.